The number of hydrogen-bond acceptors (Lipinski definition) is 3. The molecule has 4 rings (SSSR count). The van der Waals surface area contributed by atoms with Gasteiger partial charge in [-0.3, -0.25) is 4.79 Å². The first kappa shape index (κ1) is 17.0. The van der Waals surface area contributed by atoms with Gasteiger partial charge >= 0.3 is 0 Å². The van der Waals surface area contributed by atoms with Gasteiger partial charge in [-0.15, -0.1) is 0 Å². The van der Waals surface area contributed by atoms with Crippen LogP contribution >= 0.6 is 11.3 Å². The number of benzene rings is 1. The van der Waals surface area contributed by atoms with E-state index < -0.39 is 0 Å². The van der Waals surface area contributed by atoms with Crippen molar-refractivity contribution in [2.45, 2.75) is 31.7 Å². The third-order valence-electron chi connectivity index (χ3n) is 5.09. The molecule has 2 aromatic heterocycles. The van der Waals surface area contributed by atoms with Gasteiger partial charge in [0.15, 0.2) is 0 Å². The first-order valence-electron chi connectivity index (χ1n) is 9.13. The summed E-state index contributed by atoms with van der Waals surface area (Å²) in [7, 11) is 0. The third kappa shape index (κ3) is 3.88. The summed E-state index contributed by atoms with van der Waals surface area (Å²) in [6.07, 6.45) is 6.46. The van der Waals surface area contributed by atoms with Crippen molar-refractivity contribution < 1.29 is 4.79 Å². The molecule has 1 amide bonds. The Morgan fingerprint density at radius 1 is 1.12 bits per heavy atom. The monoisotopic (exact) mass is 365 g/mol. The van der Waals surface area contributed by atoms with Crippen molar-refractivity contribution in [1.29, 1.82) is 0 Å². The van der Waals surface area contributed by atoms with E-state index >= 15 is 0 Å². The van der Waals surface area contributed by atoms with Gasteiger partial charge in [0.1, 0.15) is 5.82 Å². The van der Waals surface area contributed by atoms with Crippen LogP contribution < -0.4 is 0 Å². The van der Waals surface area contributed by atoms with Crippen molar-refractivity contribution in [2.24, 2.45) is 0 Å². The van der Waals surface area contributed by atoms with Crippen molar-refractivity contribution in [2.75, 3.05) is 13.1 Å². The second-order valence-electron chi connectivity index (χ2n) is 6.86. The van der Waals surface area contributed by atoms with Crippen LogP contribution in [0.4, 0.5) is 0 Å². The summed E-state index contributed by atoms with van der Waals surface area (Å²) in [6, 6.07) is 12.5. The summed E-state index contributed by atoms with van der Waals surface area (Å²) >= 11 is 1.65. The molecule has 0 N–H and O–H groups in total. The first-order chi connectivity index (χ1) is 12.8. The van der Waals surface area contributed by atoms with Crippen LogP contribution in [0, 0.1) is 0 Å². The number of carbonyl (C=O) groups is 1. The Bertz CT molecular complexity index is 833. The molecule has 4 nitrogen and oxygen atoms in total. The molecule has 0 unspecified atom stereocenters. The topological polar surface area (TPSA) is 38.1 Å². The third-order valence-corrected chi connectivity index (χ3v) is 5.82. The first-order valence-corrected chi connectivity index (χ1v) is 10.1. The lowest BCUT2D eigenvalue weighted by Gasteiger charge is -2.32. The van der Waals surface area contributed by atoms with Crippen molar-refractivity contribution in [3.05, 3.63) is 76.5 Å². The lowest BCUT2D eigenvalue weighted by Crippen LogP contribution is -2.39. The maximum Gasteiger partial charge on any atom is 0.227 e. The Hall–Kier alpha value is -2.40. The highest BCUT2D eigenvalue weighted by Crippen LogP contribution is 2.27. The van der Waals surface area contributed by atoms with Crippen LogP contribution in [-0.4, -0.2) is 33.4 Å². The Morgan fingerprint density at radius 2 is 1.92 bits per heavy atom. The van der Waals surface area contributed by atoms with Crippen LogP contribution in [0.2, 0.25) is 0 Å². The molecular weight excluding hydrogens is 342 g/mol. The molecule has 26 heavy (non-hydrogen) atoms. The molecule has 5 heteroatoms. The number of likely N-dealkylation sites (tertiary alicyclic amines) is 1. The van der Waals surface area contributed by atoms with E-state index in [9.17, 15) is 4.79 Å². The lowest BCUT2D eigenvalue weighted by molar-refractivity contribution is -0.131. The molecule has 1 aliphatic heterocycles. The molecule has 1 aromatic carbocycles. The van der Waals surface area contributed by atoms with Gasteiger partial charge in [0.25, 0.3) is 0 Å². The smallest absolute Gasteiger partial charge is 0.227 e. The van der Waals surface area contributed by atoms with Crippen LogP contribution in [0.25, 0.3) is 0 Å². The summed E-state index contributed by atoms with van der Waals surface area (Å²) in [5.74, 6) is 1.83. The Morgan fingerprint density at radius 3 is 2.65 bits per heavy atom. The average molecular weight is 366 g/mol. The van der Waals surface area contributed by atoms with Crippen molar-refractivity contribution in [1.82, 2.24) is 14.5 Å². The highest BCUT2D eigenvalue weighted by atomic mass is 32.1. The van der Waals surface area contributed by atoms with Gasteiger partial charge in [0.2, 0.25) is 5.91 Å². The van der Waals surface area contributed by atoms with Crippen LogP contribution in [0.1, 0.15) is 35.7 Å². The van der Waals surface area contributed by atoms with E-state index in [-0.39, 0.29) is 5.91 Å². The predicted molar refractivity (Wildman–Crippen MR) is 104 cm³/mol. The second-order valence-corrected chi connectivity index (χ2v) is 7.64. The van der Waals surface area contributed by atoms with E-state index in [2.05, 4.69) is 45.4 Å². The number of piperidine rings is 1. The number of hydrogen-bond donors (Lipinski definition) is 0. The lowest BCUT2D eigenvalue weighted by atomic mass is 9.95. The molecule has 1 fully saturated rings. The van der Waals surface area contributed by atoms with E-state index in [1.807, 2.05) is 28.6 Å². The normalized spacial score (nSPS) is 15.3. The predicted octanol–water partition coefficient (Wildman–Crippen LogP) is 3.94. The fourth-order valence-electron chi connectivity index (χ4n) is 3.66. The number of nitrogens with zero attached hydrogens (tertiary/aromatic N) is 3. The molecule has 3 heterocycles. The Kier molecular flexibility index (Phi) is 5.16. The average Bonchev–Trinajstić information content (AvgIpc) is 3.35. The number of carbonyl (C=O) groups excluding carboxylic acids is 1. The van der Waals surface area contributed by atoms with Gasteiger partial charge in [0, 0.05) is 37.9 Å². The van der Waals surface area contributed by atoms with Gasteiger partial charge < -0.3 is 9.47 Å². The minimum atomic E-state index is 0.245. The van der Waals surface area contributed by atoms with Gasteiger partial charge in [-0.25, -0.2) is 4.98 Å². The highest BCUT2D eigenvalue weighted by molar-refractivity contribution is 7.08. The number of imidazole rings is 1. The SMILES string of the molecule is O=C(Cc1ccsc1)N1CCC(c2nccn2Cc2ccccc2)CC1. The molecule has 0 radical (unpaired) electrons. The number of amides is 1. The summed E-state index contributed by atoms with van der Waals surface area (Å²) in [5, 5.41) is 4.09. The van der Waals surface area contributed by atoms with Crippen molar-refractivity contribution >= 4 is 17.2 Å². The van der Waals surface area contributed by atoms with E-state index in [1.54, 1.807) is 11.3 Å². The maximum atomic E-state index is 12.5. The molecule has 0 aliphatic carbocycles. The fourth-order valence-corrected chi connectivity index (χ4v) is 4.33. The van der Waals surface area contributed by atoms with Crippen LogP contribution in [-0.2, 0) is 17.8 Å². The zero-order valence-electron chi connectivity index (χ0n) is 14.8. The molecule has 0 spiro atoms. The summed E-state index contributed by atoms with van der Waals surface area (Å²) in [4.78, 5) is 19.1. The van der Waals surface area contributed by atoms with Gasteiger partial charge in [0.05, 0.1) is 6.42 Å². The summed E-state index contributed by atoms with van der Waals surface area (Å²) in [6.45, 7) is 2.51. The summed E-state index contributed by atoms with van der Waals surface area (Å²) < 4.78 is 2.25. The second kappa shape index (κ2) is 7.87. The van der Waals surface area contributed by atoms with Crippen LogP contribution in [0.3, 0.4) is 0 Å². The Balaban J connectivity index is 1.36. The quantitative estimate of drug-likeness (QED) is 0.687. The minimum Gasteiger partial charge on any atom is -0.342 e. The van der Waals surface area contributed by atoms with E-state index in [4.69, 9.17) is 0 Å². The molecular formula is C21H23N3OS. The van der Waals surface area contributed by atoms with Crippen LogP contribution in [0.5, 0.6) is 0 Å². The standard InChI is InChI=1S/C21H23N3OS/c25-20(14-18-8-13-26-16-18)23-10-6-19(7-11-23)21-22-9-12-24(21)15-17-4-2-1-3-5-17/h1-5,8-9,12-13,16,19H,6-7,10-11,14-15H2. The van der Waals surface area contributed by atoms with E-state index in [0.29, 0.717) is 12.3 Å². The van der Waals surface area contributed by atoms with Crippen molar-refractivity contribution in [3.8, 4) is 0 Å². The molecule has 3 aromatic rings. The van der Waals surface area contributed by atoms with Crippen molar-refractivity contribution in [3.63, 3.8) is 0 Å². The fraction of sp³-hybridized carbons (Fsp3) is 0.333. The molecule has 0 saturated carbocycles. The molecule has 0 bridgehead atoms. The number of rotatable bonds is 5. The minimum absolute atomic E-state index is 0.245. The van der Waals surface area contributed by atoms with E-state index in [1.165, 1.54) is 5.56 Å². The molecule has 1 aliphatic rings. The zero-order valence-corrected chi connectivity index (χ0v) is 15.6. The van der Waals surface area contributed by atoms with Crippen LogP contribution in [0.15, 0.2) is 59.6 Å². The zero-order chi connectivity index (χ0) is 17.8. The molecule has 1 saturated heterocycles. The maximum absolute atomic E-state index is 12.5. The Labute approximate surface area is 158 Å². The van der Waals surface area contributed by atoms with E-state index in [0.717, 1.165) is 43.9 Å². The highest BCUT2D eigenvalue weighted by Gasteiger charge is 2.26. The largest absolute Gasteiger partial charge is 0.342 e. The molecule has 134 valence electrons. The number of thiophene rings is 1. The number of aromatic nitrogens is 2. The molecule has 0 atom stereocenters. The summed E-state index contributed by atoms with van der Waals surface area (Å²) in [5.41, 5.74) is 2.41. The van der Waals surface area contributed by atoms with Gasteiger partial charge in [-0.05, 0) is 40.8 Å². The van der Waals surface area contributed by atoms with Gasteiger partial charge in [-0.1, -0.05) is 30.3 Å². The van der Waals surface area contributed by atoms with Gasteiger partial charge in [-0.2, -0.15) is 11.3 Å².